The fourth-order valence-electron chi connectivity index (χ4n) is 3.13. The summed E-state index contributed by atoms with van der Waals surface area (Å²) >= 11 is 1.39. The molecule has 0 aliphatic carbocycles. The van der Waals surface area contributed by atoms with Gasteiger partial charge in [-0.25, -0.2) is 0 Å². The lowest BCUT2D eigenvalue weighted by atomic mass is 10.0. The molecular weight excluding hydrogens is 330 g/mol. The summed E-state index contributed by atoms with van der Waals surface area (Å²) < 4.78 is 6.96. The topological polar surface area (TPSA) is 84.9 Å². The van der Waals surface area contributed by atoms with Crippen LogP contribution in [0.3, 0.4) is 0 Å². The van der Waals surface area contributed by atoms with Crippen LogP contribution in [0.1, 0.15) is 20.3 Å². The molecule has 2 aromatic rings. The maximum absolute atomic E-state index is 11.4. The molecule has 132 valence electrons. The van der Waals surface area contributed by atoms with Crippen LogP contribution in [0.5, 0.6) is 0 Å². The van der Waals surface area contributed by atoms with Gasteiger partial charge in [-0.3, -0.25) is 4.90 Å². The molecule has 24 heavy (non-hydrogen) atoms. The Labute approximate surface area is 144 Å². The Hall–Kier alpha value is -1.71. The molecule has 0 spiro atoms. The Morgan fingerprint density at radius 1 is 1.46 bits per heavy atom. The molecule has 9 heteroatoms. The SMILES string of the molecule is CC(C)CC(CNc1nc2sccn2c1[N+](=O)[O-])N1CCOCC1. The molecule has 1 saturated heterocycles. The maximum atomic E-state index is 11.4. The lowest BCUT2D eigenvalue weighted by Gasteiger charge is -2.35. The van der Waals surface area contributed by atoms with E-state index in [0.29, 0.717) is 29.3 Å². The monoisotopic (exact) mass is 353 g/mol. The summed E-state index contributed by atoms with van der Waals surface area (Å²) in [5.41, 5.74) is 0. The van der Waals surface area contributed by atoms with Crippen LogP contribution in [0.4, 0.5) is 11.6 Å². The molecule has 0 aromatic carbocycles. The highest BCUT2D eigenvalue weighted by Gasteiger charge is 2.26. The minimum atomic E-state index is -0.374. The van der Waals surface area contributed by atoms with E-state index in [-0.39, 0.29) is 10.7 Å². The van der Waals surface area contributed by atoms with Crippen molar-refractivity contribution in [2.75, 3.05) is 38.2 Å². The van der Waals surface area contributed by atoms with Crippen molar-refractivity contribution in [3.63, 3.8) is 0 Å². The number of thiazole rings is 1. The van der Waals surface area contributed by atoms with Gasteiger partial charge < -0.3 is 20.2 Å². The van der Waals surface area contributed by atoms with Gasteiger partial charge in [0.25, 0.3) is 4.96 Å². The second kappa shape index (κ2) is 7.45. The predicted molar refractivity (Wildman–Crippen MR) is 93.8 cm³/mol. The van der Waals surface area contributed by atoms with Crippen LogP contribution in [0.2, 0.25) is 0 Å². The summed E-state index contributed by atoms with van der Waals surface area (Å²) in [5.74, 6) is 0.922. The molecule has 1 atom stereocenters. The summed E-state index contributed by atoms with van der Waals surface area (Å²) in [7, 11) is 0. The van der Waals surface area contributed by atoms with Gasteiger partial charge in [0.05, 0.1) is 13.2 Å². The summed E-state index contributed by atoms with van der Waals surface area (Å²) in [5, 5.41) is 16.4. The normalized spacial score (nSPS) is 17.5. The molecule has 3 rings (SSSR count). The van der Waals surface area contributed by atoms with Gasteiger partial charge in [-0.1, -0.05) is 25.2 Å². The van der Waals surface area contributed by atoms with Crippen molar-refractivity contribution < 1.29 is 9.66 Å². The molecular formula is C15H23N5O3S. The number of nitro groups is 1. The first-order valence-corrected chi connectivity index (χ1v) is 9.10. The number of morpholine rings is 1. The second-order valence-corrected chi connectivity index (χ2v) is 7.28. The minimum Gasteiger partial charge on any atom is -0.379 e. The average Bonchev–Trinajstić information content (AvgIpc) is 3.11. The Kier molecular flexibility index (Phi) is 5.32. The summed E-state index contributed by atoms with van der Waals surface area (Å²) in [6.07, 6.45) is 2.72. The standard InChI is InChI=1S/C15H23N5O3S/c1-11(2)9-12(18-3-6-23-7-4-18)10-16-13-14(20(21)22)19-5-8-24-15(19)17-13/h5,8,11-12,16H,3-4,6-7,9-10H2,1-2H3. The number of fused-ring (bicyclic) bond motifs is 1. The molecule has 0 radical (unpaired) electrons. The fraction of sp³-hybridized carbons (Fsp3) is 0.667. The van der Waals surface area contributed by atoms with Gasteiger partial charge in [-0.05, 0) is 17.3 Å². The molecule has 3 heterocycles. The second-order valence-electron chi connectivity index (χ2n) is 6.41. The van der Waals surface area contributed by atoms with Crippen LogP contribution >= 0.6 is 11.3 Å². The molecule has 1 aliphatic rings. The van der Waals surface area contributed by atoms with Crippen LogP contribution in [-0.4, -0.2) is 58.1 Å². The Bertz CT molecular complexity index is 692. The molecule has 8 nitrogen and oxygen atoms in total. The lowest BCUT2D eigenvalue weighted by molar-refractivity contribution is -0.389. The lowest BCUT2D eigenvalue weighted by Crippen LogP contribution is -2.47. The summed E-state index contributed by atoms with van der Waals surface area (Å²) in [4.78, 5) is 18.4. The van der Waals surface area contributed by atoms with Gasteiger partial charge in [0.1, 0.15) is 6.20 Å². The fourth-order valence-corrected chi connectivity index (χ4v) is 3.84. The Balaban J connectivity index is 1.75. The van der Waals surface area contributed by atoms with Crippen LogP contribution in [0, 0.1) is 16.0 Å². The zero-order valence-electron chi connectivity index (χ0n) is 14.0. The highest BCUT2D eigenvalue weighted by atomic mass is 32.1. The number of imidazole rings is 1. The zero-order chi connectivity index (χ0) is 17.1. The quantitative estimate of drug-likeness (QED) is 0.608. The third-order valence-electron chi connectivity index (χ3n) is 4.22. The number of nitrogens with zero attached hydrogens (tertiary/aromatic N) is 4. The van der Waals surface area contributed by atoms with Crippen LogP contribution < -0.4 is 5.32 Å². The average molecular weight is 353 g/mol. The third kappa shape index (κ3) is 3.68. The highest BCUT2D eigenvalue weighted by molar-refractivity contribution is 7.15. The van der Waals surface area contributed by atoms with E-state index in [9.17, 15) is 10.1 Å². The predicted octanol–water partition coefficient (Wildman–Crippen LogP) is 2.46. The third-order valence-corrected chi connectivity index (χ3v) is 4.98. The number of aromatic nitrogens is 2. The van der Waals surface area contributed by atoms with E-state index >= 15 is 0 Å². The van der Waals surface area contributed by atoms with Crippen LogP contribution in [0.15, 0.2) is 11.6 Å². The number of hydrogen-bond acceptors (Lipinski definition) is 7. The van der Waals surface area contributed by atoms with Crippen molar-refractivity contribution in [1.82, 2.24) is 14.3 Å². The number of anilines is 1. The maximum Gasteiger partial charge on any atom is 0.372 e. The van der Waals surface area contributed by atoms with Crippen molar-refractivity contribution in [3.8, 4) is 0 Å². The van der Waals surface area contributed by atoms with Crippen molar-refractivity contribution in [2.24, 2.45) is 5.92 Å². The molecule has 1 fully saturated rings. The van der Waals surface area contributed by atoms with Crippen molar-refractivity contribution in [2.45, 2.75) is 26.3 Å². The van der Waals surface area contributed by atoms with E-state index < -0.39 is 0 Å². The van der Waals surface area contributed by atoms with Gasteiger partial charge in [0.2, 0.25) is 5.82 Å². The van der Waals surface area contributed by atoms with E-state index in [0.717, 1.165) is 32.7 Å². The number of nitrogens with one attached hydrogen (secondary N) is 1. The summed E-state index contributed by atoms with van der Waals surface area (Å²) in [6.45, 7) is 8.33. The molecule has 0 amide bonds. The molecule has 0 saturated carbocycles. The van der Waals surface area contributed by atoms with Crippen LogP contribution in [-0.2, 0) is 4.74 Å². The van der Waals surface area contributed by atoms with Crippen LogP contribution in [0.25, 0.3) is 4.96 Å². The van der Waals surface area contributed by atoms with Gasteiger partial charge >= 0.3 is 5.82 Å². The van der Waals surface area contributed by atoms with Crippen molar-refractivity contribution in [3.05, 3.63) is 21.7 Å². The number of hydrogen-bond donors (Lipinski definition) is 1. The molecule has 0 bridgehead atoms. The summed E-state index contributed by atoms with van der Waals surface area (Å²) in [6, 6.07) is 0.313. The van der Waals surface area contributed by atoms with Gasteiger partial charge in [0.15, 0.2) is 0 Å². The number of rotatable bonds is 7. The van der Waals surface area contributed by atoms with E-state index in [4.69, 9.17) is 4.74 Å². The Morgan fingerprint density at radius 2 is 2.21 bits per heavy atom. The zero-order valence-corrected chi connectivity index (χ0v) is 14.8. The molecule has 1 N–H and O–H groups in total. The Morgan fingerprint density at radius 3 is 2.88 bits per heavy atom. The smallest absolute Gasteiger partial charge is 0.372 e. The first-order valence-electron chi connectivity index (χ1n) is 8.22. The largest absolute Gasteiger partial charge is 0.379 e. The van der Waals surface area contributed by atoms with Crippen molar-refractivity contribution in [1.29, 1.82) is 0 Å². The van der Waals surface area contributed by atoms with Gasteiger partial charge in [-0.15, -0.1) is 0 Å². The first-order chi connectivity index (χ1) is 11.6. The van der Waals surface area contributed by atoms with Crippen molar-refractivity contribution >= 4 is 27.9 Å². The van der Waals surface area contributed by atoms with E-state index in [1.165, 1.54) is 15.7 Å². The number of ether oxygens (including phenoxy) is 1. The molecule has 2 aromatic heterocycles. The first kappa shape index (κ1) is 17.1. The van der Waals surface area contributed by atoms with Gasteiger partial charge in [-0.2, -0.15) is 9.38 Å². The molecule has 1 aliphatic heterocycles. The minimum absolute atomic E-state index is 0.0107. The van der Waals surface area contributed by atoms with E-state index in [2.05, 4.69) is 29.0 Å². The highest BCUT2D eigenvalue weighted by Crippen LogP contribution is 2.28. The van der Waals surface area contributed by atoms with E-state index in [1.54, 1.807) is 11.6 Å². The van der Waals surface area contributed by atoms with E-state index in [1.807, 2.05) is 0 Å². The molecule has 1 unspecified atom stereocenters. The van der Waals surface area contributed by atoms with Gasteiger partial charge in [0, 0.05) is 31.1 Å².